The number of aromatic nitrogens is 1. The van der Waals surface area contributed by atoms with Crippen LogP contribution in [-0.2, 0) is 16.6 Å². The molecule has 0 bridgehead atoms. The summed E-state index contributed by atoms with van der Waals surface area (Å²) in [6.45, 7) is 0.201. The van der Waals surface area contributed by atoms with Gasteiger partial charge in [-0.2, -0.15) is 0 Å². The Morgan fingerprint density at radius 1 is 0.969 bits per heavy atom. The first-order chi connectivity index (χ1) is 15.5. The second kappa shape index (κ2) is 9.33. The summed E-state index contributed by atoms with van der Waals surface area (Å²) in [6.07, 6.45) is 1.64. The Morgan fingerprint density at radius 2 is 1.62 bits per heavy atom. The minimum atomic E-state index is -4.02. The molecule has 162 valence electrons. The maximum atomic E-state index is 13.7. The van der Waals surface area contributed by atoms with E-state index >= 15 is 0 Å². The van der Waals surface area contributed by atoms with Crippen molar-refractivity contribution in [3.8, 4) is 11.1 Å². The van der Waals surface area contributed by atoms with Crippen LogP contribution in [0.5, 0.6) is 0 Å². The maximum Gasteiger partial charge on any atom is 0.266 e. The van der Waals surface area contributed by atoms with E-state index in [-0.39, 0.29) is 16.3 Å². The summed E-state index contributed by atoms with van der Waals surface area (Å²) >= 11 is 1.12. The molecule has 2 heterocycles. The summed E-state index contributed by atoms with van der Waals surface area (Å²) in [5.74, 6) is -0.456. The predicted octanol–water partition coefficient (Wildman–Crippen LogP) is 4.57. The summed E-state index contributed by atoms with van der Waals surface area (Å²) in [6, 6.07) is 23.4. The SMILES string of the molecule is CN(c1ccccc1)S(=O)(=O)c1c(-c2ccccc2)csc1C(=O)NCc1ccccn1. The highest BCUT2D eigenvalue weighted by molar-refractivity contribution is 7.93. The van der Waals surface area contributed by atoms with Crippen molar-refractivity contribution in [3.05, 3.63) is 101 Å². The third kappa shape index (κ3) is 4.42. The van der Waals surface area contributed by atoms with Crippen LogP contribution < -0.4 is 9.62 Å². The van der Waals surface area contributed by atoms with Gasteiger partial charge in [0.2, 0.25) is 0 Å². The van der Waals surface area contributed by atoms with Crippen molar-refractivity contribution in [1.29, 1.82) is 0 Å². The molecule has 32 heavy (non-hydrogen) atoms. The van der Waals surface area contributed by atoms with Crippen molar-refractivity contribution in [1.82, 2.24) is 10.3 Å². The lowest BCUT2D eigenvalue weighted by atomic mass is 10.1. The van der Waals surface area contributed by atoms with Gasteiger partial charge in [-0.15, -0.1) is 11.3 Å². The lowest BCUT2D eigenvalue weighted by Gasteiger charge is -2.21. The smallest absolute Gasteiger partial charge is 0.266 e. The number of para-hydroxylation sites is 1. The number of nitrogens with zero attached hydrogens (tertiary/aromatic N) is 2. The van der Waals surface area contributed by atoms with Crippen LogP contribution in [-0.4, -0.2) is 26.4 Å². The zero-order valence-corrected chi connectivity index (χ0v) is 18.9. The van der Waals surface area contributed by atoms with Gasteiger partial charge in [-0.05, 0) is 29.8 Å². The number of anilines is 1. The molecule has 0 saturated carbocycles. The van der Waals surface area contributed by atoms with Gasteiger partial charge in [0.05, 0.1) is 17.9 Å². The first-order valence-electron chi connectivity index (χ1n) is 9.87. The van der Waals surface area contributed by atoms with Gasteiger partial charge in [-0.3, -0.25) is 14.1 Å². The summed E-state index contributed by atoms with van der Waals surface area (Å²) in [7, 11) is -2.53. The number of rotatable bonds is 7. The molecule has 4 rings (SSSR count). The van der Waals surface area contributed by atoms with E-state index in [4.69, 9.17) is 0 Å². The Labute approximate surface area is 191 Å². The second-order valence-electron chi connectivity index (χ2n) is 6.99. The van der Waals surface area contributed by atoms with E-state index in [1.54, 1.807) is 48.0 Å². The quantitative estimate of drug-likeness (QED) is 0.436. The van der Waals surface area contributed by atoms with E-state index in [9.17, 15) is 13.2 Å². The number of pyridine rings is 1. The van der Waals surface area contributed by atoms with Crippen molar-refractivity contribution >= 4 is 33.0 Å². The predicted molar refractivity (Wildman–Crippen MR) is 127 cm³/mol. The summed E-state index contributed by atoms with van der Waals surface area (Å²) < 4.78 is 28.7. The van der Waals surface area contributed by atoms with E-state index in [1.807, 2.05) is 42.5 Å². The lowest BCUT2D eigenvalue weighted by Crippen LogP contribution is -2.30. The molecule has 0 fully saturated rings. The molecule has 0 spiro atoms. The standard InChI is InChI=1S/C24H21N3O3S2/c1-27(20-13-6-3-7-14-20)32(29,30)23-21(18-10-4-2-5-11-18)17-31-22(23)24(28)26-16-19-12-8-9-15-25-19/h2-15,17H,16H2,1H3,(H,26,28). The molecule has 1 amide bonds. The van der Waals surface area contributed by atoms with Gasteiger partial charge < -0.3 is 5.32 Å². The molecule has 1 N–H and O–H groups in total. The highest BCUT2D eigenvalue weighted by Gasteiger charge is 2.32. The summed E-state index contributed by atoms with van der Waals surface area (Å²) in [5.41, 5.74) is 2.43. The van der Waals surface area contributed by atoms with Crippen molar-refractivity contribution in [2.75, 3.05) is 11.4 Å². The molecule has 0 atom stereocenters. The van der Waals surface area contributed by atoms with E-state index < -0.39 is 15.9 Å². The van der Waals surface area contributed by atoms with Crippen molar-refractivity contribution in [3.63, 3.8) is 0 Å². The van der Waals surface area contributed by atoms with Crippen LogP contribution in [0, 0.1) is 0 Å². The Morgan fingerprint density at radius 3 is 2.28 bits per heavy atom. The number of carbonyl (C=O) groups excluding carboxylic acids is 1. The Kier molecular flexibility index (Phi) is 6.34. The van der Waals surface area contributed by atoms with Crippen molar-refractivity contribution in [2.45, 2.75) is 11.4 Å². The fourth-order valence-electron chi connectivity index (χ4n) is 3.24. The maximum absolute atomic E-state index is 13.7. The zero-order valence-electron chi connectivity index (χ0n) is 17.3. The number of hydrogen-bond acceptors (Lipinski definition) is 5. The first-order valence-corrected chi connectivity index (χ1v) is 12.2. The van der Waals surface area contributed by atoms with Gasteiger partial charge in [0.1, 0.15) is 9.77 Å². The average Bonchev–Trinajstić information content (AvgIpc) is 3.30. The molecule has 2 aromatic carbocycles. The number of benzene rings is 2. The van der Waals surface area contributed by atoms with Gasteiger partial charge >= 0.3 is 0 Å². The monoisotopic (exact) mass is 463 g/mol. The summed E-state index contributed by atoms with van der Waals surface area (Å²) in [4.78, 5) is 17.4. The molecule has 0 radical (unpaired) electrons. The van der Waals surface area contributed by atoms with Crippen molar-refractivity contribution in [2.24, 2.45) is 0 Å². The minimum absolute atomic E-state index is 0.00132. The number of thiophene rings is 1. The molecule has 0 saturated heterocycles. The molecule has 4 aromatic rings. The van der Waals surface area contributed by atoms with Crippen LogP contribution in [0.15, 0.2) is 95.3 Å². The molecule has 0 unspecified atom stereocenters. The lowest BCUT2D eigenvalue weighted by molar-refractivity contribution is 0.0951. The Hall–Kier alpha value is -3.49. The summed E-state index contributed by atoms with van der Waals surface area (Å²) in [5, 5.41) is 4.52. The van der Waals surface area contributed by atoms with E-state index in [2.05, 4.69) is 10.3 Å². The number of amides is 1. The highest BCUT2D eigenvalue weighted by Crippen LogP contribution is 2.37. The Balaban J connectivity index is 1.76. The molecule has 0 aliphatic heterocycles. The van der Waals surface area contributed by atoms with Crippen LogP contribution in [0.25, 0.3) is 11.1 Å². The first kappa shape index (κ1) is 21.7. The van der Waals surface area contributed by atoms with Gasteiger partial charge in [0.15, 0.2) is 0 Å². The third-order valence-corrected chi connectivity index (χ3v) is 7.91. The molecule has 6 nitrogen and oxygen atoms in total. The van der Waals surface area contributed by atoms with Gasteiger partial charge in [-0.1, -0.05) is 54.6 Å². The van der Waals surface area contributed by atoms with Gasteiger partial charge in [-0.25, -0.2) is 8.42 Å². The largest absolute Gasteiger partial charge is 0.346 e. The molecular formula is C24H21N3O3S2. The van der Waals surface area contributed by atoms with Crippen LogP contribution >= 0.6 is 11.3 Å². The van der Waals surface area contributed by atoms with Crippen LogP contribution in [0.2, 0.25) is 0 Å². The number of sulfonamides is 1. The van der Waals surface area contributed by atoms with Gasteiger partial charge in [0, 0.05) is 24.2 Å². The molecular weight excluding hydrogens is 442 g/mol. The molecule has 8 heteroatoms. The average molecular weight is 464 g/mol. The number of carbonyl (C=O) groups is 1. The van der Waals surface area contributed by atoms with Crippen LogP contribution in [0.4, 0.5) is 5.69 Å². The van der Waals surface area contributed by atoms with E-state index in [0.29, 0.717) is 16.9 Å². The van der Waals surface area contributed by atoms with Crippen LogP contribution in [0.3, 0.4) is 0 Å². The van der Waals surface area contributed by atoms with Gasteiger partial charge in [0.25, 0.3) is 15.9 Å². The number of hydrogen-bond donors (Lipinski definition) is 1. The highest BCUT2D eigenvalue weighted by atomic mass is 32.2. The fraction of sp³-hybridized carbons (Fsp3) is 0.0833. The third-order valence-electron chi connectivity index (χ3n) is 4.93. The van der Waals surface area contributed by atoms with Crippen molar-refractivity contribution < 1.29 is 13.2 Å². The molecule has 2 aromatic heterocycles. The fourth-order valence-corrected chi connectivity index (χ4v) is 6.12. The number of nitrogens with one attached hydrogen (secondary N) is 1. The molecule has 0 aliphatic rings. The normalized spacial score (nSPS) is 11.2. The Bertz CT molecular complexity index is 1310. The van der Waals surface area contributed by atoms with E-state index in [0.717, 1.165) is 16.9 Å². The topological polar surface area (TPSA) is 79.4 Å². The minimum Gasteiger partial charge on any atom is -0.346 e. The van der Waals surface area contributed by atoms with E-state index in [1.165, 1.54) is 11.4 Å². The second-order valence-corrected chi connectivity index (χ2v) is 9.77. The van der Waals surface area contributed by atoms with Crippen LogP contribution in [0.1, 0.15) is 15.4 Å². The zero-order chi connectivity index (χ0) is 22.6. The molecule has 0 aliphatic carbocycles.